The van der Waals surface area contributed by atoms with E-state index in [1.54, 1.807) is 12.1 Å². The van der Waals surface area contributed by atoms with Crippen molar-refractivity contribution >= 4 is 39.2 Å². The molecule has 1 aliphatic rings. The van der Waals surface area contributed by atoms with Crippen LogP contribution in [0.3, 0.4) is 0 Å². The number of carboxylic acid groups (broad SMARTS) is 1. The molecule has 1 fully saturated rings. The van der Waals surface area contributed by atoms with Crippen molar-refractivity contribution in [3.63, 3.8) is 0 Å². The van der Waals surface area contributed by atoms with Crippen LogP contribution >= 0.6 is 11.6 Å². The van der Waals surface area contributed by atoms with Gasteiger partial charge in [-0.05, 0) is 35.4 Å². The number of hydrogen-bond donors (Lipinski definition) is 2. The summed E-state index contributed by atoms with van der Waals surface area (Å²) in [5.41, 5.74) is 2.72. The van der Waals surface area contributed by atoms with Gasteiger partial charge in [-0.25, -0.2) is 13.2 Å². The molecule has 36 heavy (non-hydrogen) atoms. The number of rotatable bonds is 7. The molecular formula is C26H26ClN3O5S. The minimum Gasteiger partial charge on any atom is -0.478 e. The fourth-order valence-electron chi connectivity index (χ4n) is 4.15. The normalized spacial score (nSPS) is 14.9. The van der Waals surface area contributed by atoms with Gasteiger partial charge in [-0.2, -0.15) is 4.31 Å². The standard InChI is InChI=1S/C26H26ClN3O5S/c1-36(34,35)30-13-11-29(12-14-30)17-18-7-9-20(10-8-18)28-25(31)22-15-21(19-5-3-2-4-6-19)24(27)16-23(22)26(32)33/h2-10,15-16H,11-14,17H2,1H3,(H,28,31)(H,32,33). The molecule has 3 aromatic carbocycles. The van der Waals surface area contributed by atoms with Crippen molar-refractivity contribution in [2.75, 3.05) is 37.8 Å². The smallest absolute Gasteiger partial charge is 0.336 e. The van der Waals surface area contributed by atoms with E-state index in [2.05, 4.69) is 10.2 Å². The summed E-state index contributed by atoms with van der Waals surface area (Å²) in [4.78, 5) is 27.1. The highest BCUT2D eigenvalue weighted by atomic mass is 35.5. The Morgan fingerprint density at radius 2 is 1.58 bits per heavy atom. The lowest BCUT2D eigenvalue weighted by atomic mass is 9.98. The van der Waals surface area contributed by atoms with Crippen molar-refractivity contribution in [2.24, 2.45) is 0 Å². The Bertz CT molecular complexity index is 1370. The predicted octanol–water partition coefficient (Wildman–Crippen LogP) is 4.03. The van der Waals surface area contributed by atoms with E-state index in [1.807, 2.05) is 42.5 Å². The van der Waals surface area contributed by atoms with Crippen molar-refractivity contribution in [3.8, 4) is 11.1 Å². The van der Waals surface area contributed by atoms with E-state index >= 15 is 0 Å². The minimum atomic E-state index is -3.17. The molecule has 0 saturated carbocycles. The van der Waals surface area contributed by atoms with Gasteiger partial charge in [0.25, 0.3) is 5.91 Å². The average Bonchev–Trinajstić information content (AvgIpc) is 2.85. The second-order valence-electron chi connectivity index (χ2n) is 8.64. The SMILES string of the molecule is CS(=O)(=O)N1CCN(Cc2ccc(NC(=O)c3cc(-c4ccccc4)c(Cl)cc3C(=O)O)cc2)CC1. The summed E-state index contributed by atoms with van der Waals surface area (Å²) in [6, 6.07) is 19.3. The Balaban J connectivity index is 1.46. The predicted molar refractivity (Wildman–Crippen MR) is 140 cm³/mol. The van der Waals surface area contributed by atoms with Crippen molar-refractivity contribution in [3.05, 3.63) is 88.4 Å². The number of nitrogens with zero attached hydrogens (tertiary/aromatic N) is 2. The van der Waals surface area contributed by atoms with Gasteiger partial charge in [0.05, 0.1) is 17.4 Å². The third kappa shape index (κ3) is 6.11. The maximum Gasteiger partial charge on any atom is 0.336 e. The topological polar surface area (TPSA) is 107 Å². The van der Waals surface area contributed by atoms with Crippen LogP contribution in [0.2, 0.25) is 5.02 Å². The summed E-state index contributed by atoms with van der Waals surface area (Å²) in [7, 11) is -3.17. The number of piperazine rings is 1. The van der Waals surface area contributed by atoms with Crippen LogP contribution < -0.4 is 5.32 Å². The zero-order valence-electron chi connectivity index (χ0n) is 19.6. The zero-order chi connectivity index (χ0) is 25.9. The Kier molecular flexibility index (Phi) is 7.75. The summed E-state index contributed by atoms with van der Waals surface area (Å²) in [6.45, 7) is 2.87. The molecule has 0 bridgehead atoms. The first kappa shape index (κ1) is 25.8. The molecule has 0 spiro atoms. The molecule has 1 amide bonds. The summed E-state index contributed by atoms with van der Waals surface area (Å²) in [5.74, 6) is -1.79. The van der Waals surface area contributed by atoms with Crippen molar-refractivity contribution in [1.29, 1.82) is 0 Å². The van der Waals surface area contributed by atoms with Gasteiger partial charge in [-0.1, -0.05) is 54.1 Å². The average molecular weight is 528 g/mol. The molecule has 1 heterocycles. The third-order valence-corrected chi connectivity index (χ3v) is 7.70. The van der Waals surface area contributed by atoms with Crippen LogP contribution in [0.15, 0.2) is 66.7 Å². The molecule has 3 aromatic rings. The molecular weight excluding hydrogens is 502 g/mol. The van der Waals surface area contributed by atoms with Gasteiger partial charge < -0.3 is 10.4 Å². The Morgan fingerprint density at radius 1 is 0.944 bits per heavy atom. The van der Waals surface area contributed by atoms with Gasteiger partial charge in [-0.15, -0.1) is 0 Å². The molecule has 10 heteroatoms. The number of carbonyl (C=O) groups is 2. The van der Waals surface area contributed by atoms with Crippen molar-refractivity contribution in [1.82, 2.24) is 9.21 Å². The molecule has 8 nitrogen and oxygen atoms in total. The summed E-state index contributed by atoms with van der Waals surface area (Å²) < 4.78 is 24.8. The van der Waals surface area contributed by atoms with Crippen molar-refractivity contribution in [2.45, 2.75) is 6.54 Å². The first-order valence-electron chi connectivity index (χ1n) is 11.3. The van der Waals surface area contributed by atoms with Gasteiger partial charge in [0.15, 0.2) is 0 Å². The summed E-state index contributed by atoms with van der Waals surface area (Å²) in [5, 5.41) is 12.7. The number of nitrogens with one attached hydrogen (secondary N) is 1. The fourth-order valence-corrected chi connectivity index (χ4v) is 5.25. The molecule has 4 rings (SSSR count). The fraction of sp³-hybridized carbons (Fsp3) is 0.231. The van der Waals surface area contributed by atoms with Gasteiger partial charge >= 0.3 is 5.97 Å². The molecule has 0 unspecified atom stereocenters. The Hall–Kier alpha value is -3.24. The van der Waals surface area contributed by atoms with E-state index in [9.17, 15) is 23.1 Å². The van der Waals surface area contributed by atoms with Crippen LogP contribution in [-0.2, 0) is 16.6 Å². The van der Waals surface area contributed by atoms with Crippen LogP contribution in [0.4, 0.5) is 5.69 Å². The van der Waals surface area contributed by atoms with Crippen molar-refractivity contribution < 1.29 is 23.1 Å². The second-order valence-corrected chi connectivity index (χ2v) is 11.0. The van der Waals surface area contributed by atoms with E-state index < -0.39 is 21.9 Å². The van der Waals surface area contributed by atoms with E-state index in [0.29, 0.717) is 44.0 Å². The van der Waals surface area contributed by atoms with Crippen LogP contribution in [0.5, 0.6) is 0 Å². The Morgan fingerprint density at radius 3 is 2.17 bits per heavy atom. The highest BCUT2D eigenvalue weighted by Crippen LogP contribution is 2.31. The maximum absolute atomic E-state index is 13.1. The highest BCUT2D eigenvalue weighted by molar-refractivity contribution is 7.88. The molecule has 0 aromatic heterocycles. The molecule has 0 aliphatic carbocycles. The summed E-state index contributed by atoms with van der Waals surface area (Å²) >= 11 is 6.34. The molecule has 1 saturated heterocycles. The molecule has 0 radical (unpaired) electrons. The maximum atomic E-state index is 13.1. The number of carbonyl (C=O) groups excluding carboxylic acids is 1. The van der Waals surface area contributed by atoms with E-state index in [-0.39, 0.29) is 16.1 Å². The van der Waals surface area contributed by atoms with Crippen LogP contribution in [0, 0.1) is 0 Å². The van der Waals surface area contributed by atoms with E-state index in [0.717, 1.165) is 11.1 Å². The second kappa shape index (κ2) is 10.8. The minimum absolute atomic E-state index is 0.0126. The lowest BCUT2D eigenvalue weighted by molar-refractivity contribution is 0.0692. The quantitative estimate of drug-likeness (QED) is 0.480. The monoisotopic (exact) mass is 527 g/mol. The van der Waals surface area contributed by atoms with E-state index in [4.69, 9.17) is 11.6 Å². The van der Waals surface area contributed by atoms with Crippen LogP contribution in [0.1, 0.15) is 26.3 Å². The zero-order valence-corrected chi connectivity index (χ0v) is 21.2. The number of halogens is 1. The highest BCUT2D eigenvalue weighted by Gasteiger charge is 2.23. The number of anilines is 1. The van der Waals surface area contributed by atoms with Crippen LogP contribution in [0.25, 0.3) is 11.1 Å². The van der Waals surface area contributed by atoms with Gasteiger partial charge in [0, 0.05) is 49.0 Å². The lowest BCUT2D eigenvalue weighted by Crippen LogP contribution is -2.47. The Labute approximate surface area is 215 Å². The van der Waals surface area contributed by atoms with Gasteiger partial charge in [0.2, 0.25) is 10.0 Å². The number of sulfonamides is 1. The van der Waals surface area contributed by atoms with Gasteiger partial charge in [0.1, 0.15) is 0 Å². The number of benzene rings is 3. The lowest BCUT2D eigenvalue weighted by Gasteiger charge is -2.33. The van der Waals surface area contributed by atoms with Gasteiger partial charge in [-0.3, -0.25) is 9.69 Å². The third-order valence-electron chi connectivity index (χ3n) is 6.09. The number of hydrogen-bond acceptors (Lipinski definition) is 5. The molecule has 1 aliphatic heterocycles. The largest absolute Gasteiger partial charge is 0.478 e. The first-order chi connectivity index (χ1) is 17.1. The molecule has 2 N–H and O–H groups in total. The van der Waals surface area contributed by atoms with Crippen LogP contribution in [-0.4, -0.2) is 67.0 Å². The van der Waals surface area contributed by atoms with E-state index in [1.165, 1.54) is 22.7 Å². The summed E-state index contributed by atoms with van der Waals surface area (Å²) in [6.07, 6.45) is 1.22. The number of aromatic carboxylic acids is 1. The number of carboxylic acids is 1. The molecule has 0 atom stereocenters. The first-order valence-corrected chi connectivity index (χ1v) is 13.5. The number of amides is 1. The molecule has 188 valence electrons.